The number of carbonyl (C=O) groups excluding carboxylic acids is 1. The van der Waals surface area contributed by atoms with E-state index in [1.807, 2.05) is 0 Å². The Bertz CT molecular complexity index is 783. The second kappa shape index (κ2) is 8.89. The molecule has 4 nitrogen and oxygen atoms in total. The molecule has 0 saturated carbocycles. The molecule has 2 atom stereocenters. The van der Waals surface area contributed by atoms with Crippen molar-refractivity contribution in [2.45, 2.75) is 44.8 Å². The number of amides is 1. The van der Waals surface area contributed by atoms with Gasteiger partial charge in [-0.1, -0.05) is 54.6 Å². The molecule has 1 amide bonds. The van der Waals surface area contributed by atoms with E-state index in [1.165, 1.54) is 16.7 Å². The zero-order valence-corrected chi connectivity index (χ0v) is 16.8. The second-order valence-electron chi connectivity index (χ2n) is 8.13. The first-order valence-corrected chi connectivity index (χ1v) is 10.6. The molecule has 1 N–H and O–H groups in total. The lowest BCUT2D eigenvalue weighted by Crippen LogP contribution is -2.54. The normalized spacial score (nSPS) is 21.7. The number of hydrogen-bond acceptors (Lipinski definition) is 3. The first-order chi connectivity index (χ1) is 13.7. The van der Waals surface area contributed by atoms with Gasteiger partial charge in [-0.15, -0.1) is 0 Å². The Labute approximate surface area is 168 Å². The van der Waals surface area contributed by atoms with E-state index in [2.05, 4.69) is 76.6 Å². The van der Waals surface area contributed by atoms with Crippen molar-refractivity contribution in [2.24, 2.45) is 0 Å². The third-order valence-corrected chi connectivity index (χ3v) is 6.27. The predicted octanol–water partition coefficient (Wildman–Crippen LogP) is 3.39. The third kappa shape index (κ3) is 4.45. The highest BCUT2D eigenvalue weighted by atomic mass is 16.2. The van der Waals surface area contributed by atoms with Gasteiger partial charge in [0.15, 0.2) is 0 Å². The lowest BCUT2D eigenvalue weighted by Gasteiger charge is -2.38. The van der Waals surface area contributed by atoms with Crippen molar-refractivity contribution in [2.75, 3.05) is 26.2 Å². The number of nitrogens with one attached hydrogen (secondary N) is 1. The second-order valence-corrected chi connectivity index (χ2v) is 8.13. The number of fused-ring (bicyclic) bond motifs is 1. The first kappa shape index (κ1) is 19.2. The average molecular weight is 378 g/mol. The Kier molecular flexibility index (Phi) is 6.08. The van der Waals surface area contributed by atoms with Gasteiger partial charge in [-0.05, 0) is 42.9 Å². The van der Waals surface area contributed by atoms with E-state index < -0.39 is 0 Å². The molecule has 0 bridgehead atoms. The number of piperazine rings is 1. The smallest absolute Gasteiger partial charge is 0.237 e. The summed E-state index contributed by atoms with van der Waals surface area (Å²) in [6, 6.07) is 19.3. The average Bonchev–Trinajstić information content (AvgIpc) is 2.75. The molecule has 1 fully saturated rings. The standard InChI is InChI=1S/C24H31N3O/c1-19(24(28)25-23-13-7-11-21-10-5-6-12-22(21)23)27-16-14-26(15-17-27)18-20-8-3-2-4-9-20/h2-6,8-10,12,19,23H,7,11,13-18H2,1H3,(H,25,28). The van der Waals surface area contributed by atoms with E-state index >= 15 is 0 Å². The zero-order valence-electron chi connectivity index (χ0n) is 16.8. The summed E-state index contributed by atoms with van der Waals surface area (Å²) in [7, 11) is 0. The van der Waals surface area contributed by atoms with Crippen LogP contribution in [0, 0.1) is 0 Å². The van der Waals surface area contributed by atoms with Gasteiger partial charge in [-0.3, -0.25) is 14.6 Å². The van der Waals surface area contributed by atoms with Crippen LogP contribution in [0.3, 0.4) is 0 Å². The summed E-state index contributed by atoms with van der Waals surface area (Å²) >= 11 is 0. The SMILES string of the molecule is CC(C(=O)NC1CCCc2ccccc21)N1CCN(Cc2ccccc2)CC1. The van der Waals surface area contributed by atoms with Crippen LogP contribution in [0.4, 0.5) is 0 Å². The molecule has 148 valence electrons. The van der Waals surface area contributed by atoms with Crippen LogP contribution < -0.4 is 5.32 Å². The minimum Gasteiger partial charge on any atom is -0.348 e. The van der Waals surface area contributed by atoms with Crippen LogP contribution >= 0.6 is 0 Å². The molecule has 0 spiro atoms. The van der Waals surface area contributed by atoms with Crippen molar-refractivity contribution in [3.05, 3.63) is 71.3 Å². The minimum absolute atomic E-state index is 0.0760. The Morgan fingerprint density at radius 1 is 1.04 bits per heavy atom. The Morgan fingerprint density at radius 2 is 1.75 bits per heavy atom. The van der Waals surface area contributed by atoms with Gasteiger partial charge < -0.3 is 5.32 Å². The molecule has 2 unspecified atom stereocenters. The van der Waals surface area contributed by atoms with Gasteiger partial charge in [0.05, 0.1) is 12.1 Å². The van der Waals surface area contributed by atoms with E-state index in [1.54, 1.807) is 0 Å². The van der Waals surface area contributed by atoms with Crippen LogP contribution in [-0.4, -0.2) is 47.9 Å². The van der Waals surface area contributed by atoms with Gasteiger partial charge in [-0.2, -0.15) is 0 Å². The van der Waals surface area contributed by atoms with Crippen molar-refractivity contribution >= 4 is 5.91 Å². The molecular formula is C24H31N3O. The van der Waals surface area contributed by atoms with E-state index in [0.29, 0.717) is 0 Å². The van der Waals surface area contributed by atoms with E-state index in [4.69, 9.17) is 0 Å². The van der Waals surface area contributed by atoms with Crippen molar-refractivity contribution in [1.29, 1.82) is 0 Å². The molecule has 4 rings (SSSR count). The van der Waals surface area contributed by atoms with Crippen molar-refractivity contribution in [3.63, 3.8) is 0 Å². The van der Waals surface area contributed by atoms with Crippen LogP contribution in [0.1, 0.15) is 42.5 Å². The van der Waals surface area contributed by atoms with Gasteiger partial charge >= 0.3 is 0 Å². The van der Waals surface area contributed by atoms with E-state index in [0.717, 1.165) is 52.0 Å². The number of hydrogen-bond donors (Lipinski definition) is 1. The monoisotopic (exact) mass is 377 g/mol. The lowest BCUT2D eigenvalue weighted by molar-refractivity contribution is -0.127. The Balaban J connectivity index is 1.29. The van der Waals surface area contributed by atoms with Crippen molar-refractivity contribution in [3.8, 4) is 0 Å². The zero-order chi connectivity index (χ0) is 19.3. The number of aryl methyl sites for hydroxylation is 1. The summed E-state index contributed by atoms with van der Waals surface area (Å²) in [5.41, 5.74) is 4.06. The van der Waals surface area contributed by atoms with Crippen molar-refractivity contribution in [1.82, 2.24) is 15.1 Å². The number of nitrogens with zero attached hydrogens (tertiary/aromatic N) is 2. The van der Waals surface area contributed by atoms with Gasteiger partial charge in [0.25, 0.3) is 0 Å². The number of benzene rings is 2. The summed E-state index contributed by atoms with van der Waals surface area (Å²) in [4.78, 5) is 17.7. The molecule has 4 heteroatoms. The third-order valence-electron chi connectivity index (χ3n) is 6.27. The molecule has 28 heavy (non-hydrogen) atoms. The van der Waals surface area contributed by atoms with Gasteiger partial charge in [0, 0.05) is 32.7 Å². The summed E-state index contributed by atoms with van der Waals surface area (Å²) in [5, 5.41) is 3.33. The van der Waals surface area contributed by atoms with E-state index in [-0.39, 0.29) is 18.0 Å². The van der Waals surface area contributed by atoms with Crippen LogP contribution in [0.15, 0.2) is 54.6 Å². The quantitative estimate of drug-likeness (QED) is 0.868. The highest BCUT2D eigenvalue weighted by Gasteiger charge is 2.28. The molecule has 1 heterocycles. The molecule has 0 aromatic heterocycles. The molecule has 1 aliphatic carbocycles. The fourth-order valence-electron chi connectivity index (χ4n) is 4.51. The maximum atomic E-state index is 12.9. The summed E-state index contributed by atoms with van der Waals surface area (Å²) in [5.74, 6) is 0.165. The molecule has 2 aliphatic rings. The molecule has 1 saturated heterocycles. The maximum absolute atomic E-state index is 12.9. The topological polar surface area (TPSA) is 35.6 Å². The molecule has 0 radical (unpaired) electrons. The predicted molar refractivity (Wildman–Crippen MR) is 113 cm³/mol. The van der Waals surface area contributed by atoms with Crippen LogP contribution in [-0.2, 0) is 17.8 Å². The van der Waals surface area contributed by atoms with Crippen LogP contribution in [0.25, 0.3) is 0 Å². The summed E-state index contributed by atoms with van der Waals surface area (Å²) in [6.07, 6.45) is 3.32. The Morgan fingerprint density at radius 3 is 2.54 bits per heavy atom. The fourth-order valence-corrected chi connectivity index (χ4v) is 4.51. The van der Waals surface area contributed by atoms with Gasteiger partial charge in [0.2, 0.25) is 5.91 Å². The molecular weight excluding hydrogens is 346 g/mol. The highest BCUT2D eigenvalue weighted by Crippen LogP contribution is 2.29. The minimum atomic E-state index is -0.0760. The summed E-state index contributed by atoms with van der Waals surface area (Å²) in [6.45, 7) is 6.97. The molecule has 2 aromatic carbocycles. The highest BCUT2D eigenvalue weighted by molar-refractivity contribution is 5.81. The molecule has 1 aliphatic heterocycles. The molecule has 2 aromatic rings. The summed E-state index contributed by atoms with van der Waals surface area (Å²) < 4.78 is 0. The maximum Gasteiger partial charge on any atom is 0.237 e. The van der Waals surface area contributed by atoms with Crippen LogP contribution in [0.5, 0.6) is 0 Å². The van der Waals surface area contributed by atoms with E-state index in [9.17, 15) is 4.79 Å². The largest absolute Gasteiger partial charge is 0.348 e. The van der Waals surface area contributed by atoms with Gasteiger partial charge in [0.1, 0.15) is 0 Å². The lowest BCUT2D eigenvalue weighted by atomic mass is 9.87. The van der Waals surface area contributed by atoms with Crippen molar-refractivity contribution < 1.29 is 4.79 Å². The fraction of sp³-hybridized carbons (Fsp3) is 0.458. The van der Waals surface area contributed by atoms with Gasteiger partial charge in [-0.25, -0.2) is 0 Å². The number of carbonyl (C=O) groups is 1. The first-order valence-electron chi connectivity index (χ1n) is 10.6. The number of rotatable bonds is 5. The Hall–Kier alpha value is -2.17. The van der Waals surface area contributed by atoms with Crippen LogP contribution in [0.2, 0.25) is 0 Å².